The van der Waals surface area contributed by atoms with Crippen molar-refractivity contribution >= 4 is 27.8 Å². The monoisotopic (exact) mass is 317 g/mol. The van der Waals surface area contributed by atoms with Crippen molar-refractivity contribution in [3.05, 3.63) is 34.1 Å². The van der Waals surface area contributed by atoms with Crippen molar-refractivity contribution in [3.63, 3.8) is 0 Å². The number of nitrogens with one attached hydrogen (secondary N) is 1. The third kappa shape index (κ3) is 3.80. The predicted molar refractivity (Wildman–Crippen MR) is 67.7 cm³/mol. The highest BCUT2D eigenvalue weighted by molar-refractivity contribution is 9.10. The lowest BCUT2D eigenvalue weighted by Crippen LogP contribution is -2.35. The van der Waals surface area contributed by atoms with Gasteiger partial charge in [-0.15, -0.1) is 0 Å². The number of hydrogen-bond donors (Lipinski definition) is 1. The molecular weight excluding hydrogens is 305 g/mol. The molecule has 1 aromatic carbocycles. The minimum atomic E-state index is -0.958. The average molecular weight is 318 g/mol. The fraction of sp³-hybridized carbons (Fsp3) is 0.333. The fourth-order valence-electron chi connectivity index (χ4n) is 1.25. The van der Waals surface area contributed by atoms with E-state index in [9.17, 15) is 14.0 Å². The van der Waals surface area contributed by atoms with Gasteiger partial charge in [-0.1, -0.05) is 15.9 Å². The summed E-state index contributed by atoms with van der Waals surface area (Å²) in [7, 11) is 0. The third-order valence-electron chi connectivity index (χ3n) is 2.16. The van der Waals surface area contributed by atoms with Gasteiger partial charge in [0.05, 0.1) is 5.56 Å². The zero-order valence-electron chi connectivity index (χ0n) is 10.00. The van der Waals surface area contributed by atoms with Crippen LogP contribution in [-0.2, 0) is 9.53 Å². The molecule has 1 rings (SSSR count). The molecule has 98 valence electrons. The molecule has 0 saturated carbocycles. The zero-order chi connectivity index (χ0) is 13.7. The van der Waals surface area contributed by atoms with E-state index < -0.39 is 23.8 Å². The molecule has 0 radical (unpaired) electrons. The van der Waals surface area contributed by atoms with Crippen molar-refractivity contribution in [1.29, 1.82) is 0 Å². The van der Waals surface area contributed by atoms with E-state index in [1.165, 1.54) is 19.1 Å². The normalized spacial score (nSPS) is 11.8. The molecule has 0 saturated heterocycles. The summed E-state index contributed by atoms with van der Waals surface area (Å²) >= 11 is 3.08. The zero-order valence-corrected chi connectivity index (χ0v) is 11.6. The Labute approximate surface area is 113 Å². The van der Waals surface area contributed by atoms with Gasteiger partial charge >= 0.3 is 5.97 Å². The van der Waals surface area contributed by atoms with E-state index in [0.29, 0.717) is 11.0 Å². The third-order valence-corrected chi connectivity index (χ3v) is 2.65. The Morgan fingerprint density at radius 1 is 1.50 bits per heavy atom. The maximum Gasteiger partial charge on any atom is 0.341 e. The molecule has 0 aliphatic carbocycles. The molecule has 0 fully saturated rings. The van der Waals surface area contributed by atoms with Gasteiger partial charge in [0.25, 0.3) is 5.91 Å². The van der Waals surface area contributed by atoms with Crippen LogP contribution in [0, 0.1) is 5.82 Å². The summed E-state index contributed by atoms with van der Waals surface area (Å²) in [5.74, 6) is -1.97. The highest BCUT2D eigenvalue weighted by Crippen LogP contribution is 2.16. The molecule has 1 aromatic rings. The Bertz CT molecular complexity index is 465. The summed E-state index contributed by atoms with van der Waals surface area (Å²) in [5, 5.41) is 2.51. The van der Waals surface area contributed by atoms with E-state index in [2.05, 4.69) is 21.2 Å². The second kappa shape index (κ2) is 6.49. The number of benzene rings is 1. The van der Waals surface area contributed by atoms with Crippen molar-refractivity contribution in [3.8, 4) is 0 Å². The molecule has 1 atom stereocenters. The van der Waals surface area contributed by atoms with Gasteiger partial charge in [0.2, 0.25) is 0 Å². The number of carbonyl (C=O) groups is 2. The molecule has 0 bridgehead atoms. The van der Waals surface area contributed by atoms with Crippen LogP contribution in [0.25, 0.3) is 0 Å². The molecular formula is C12H13BrFNO3. The summed E-state index contributed by atoms with van der Waals surface area (Å²) in [6, 6.07) is 3.98. The molecule has 4 nitrogen and oxygen atoms in total. The minimum Gasteiger partial charge on any atom is -0.449 e. The molecule has 1 amide bonds. The number of likely N-dealkylation sites (N-methyl/N-ethyl adjacent to an activating group) is 1. The highest BCUT2D eigenvalue weighted by atomic mass is 79.9. The quantitative estimate of drug-likeness (QED) is 0.867. The number of rotatable bonds is 4. The Morgan fingerprint density at radius 2 is 2.17 bits per heavy atom. The van der Waals surface area contributed by atoms with Crippen molar-refractivity contribution in [2.24, 2.45) is 0 Å². The lowest BCUT2D eigenvalue weighted by molar-refractivity contribution is -0.128. The first-order valence-corrected chi connectivity index (χ1v) is 6.18. The topological polar surface area (TPSA) is 55.4 Å². The van der Waals surface area contributed by atoms with Crippen LogP contribution in [0.15, 0.2) is 22.7 Å². The van der Waals surface area contributed by atoms with Gasteiger partial charge in [-0.25, -0.2) is 9.18 Å². The maximum atomic E-state index is 13.5. The van der Waals surface area contributed by atoms with E-state index >= 15 is 0 Å². The van der Waals surface area contributed by atoms with Crippen LogP contribution < -0.4 is 5.32 Å². The SMILES string of the molecule is CCNC(=O)[C@H](C)OC(=O)c1ccc(Br)cc1F. The molecule has 0 heterocycles. The maximum absolute atomic E-state index is 13.5. The van der Waals surface area contributed by atoms with E-state index in [1.807, 2.05) is 0 Å². The number of halogens is 2. The molecule has 18 heavy (non-hydrogen) atoms. The Kier molecular flexibility index (Phi) is 5.27. The molecule has 0 aliphatic rings. The summed E-state index contributed by atoms with van der Waals surface area (Å²) in [4.78, 5) is 23.0. The second-order valence-electron chi connectivity index (χ2n) is 3.57. The van der Waals surface area contributed by atoms with Gasteiger partial charge in [0.15, 0.2) is 6.10 Å². The van der Waals surface area contributed by atoms with Crippen LogP contribution in [0.3, 0.4) is 0 Å². The van der Waals surface area contributed by atoms with E-state index in [1.54, 1.807) is 6.92 Å². The van der Waals surface area contributed by atoms with Crippen molar-refractivity contribution < 1.29 is 18.7 Å². The van der Waals surface area contributed by atoms with Gasteiger partial charge in [0.1, 0.15) is 5.82 Å². The Balaban J connectivity index is 2.73. The molecule has 0 aromatic heterocycles. The number of amides is 1. The lowest BCUT2D eigenvalue weighted by Gasteiger charge is -2.12. The number of carbonyl (C=O) groups excluding carboxylic acids is 2. The summed E-state index contributed by atoms with van der Waals surface area (Å²) in [6.45, 7) is 3.62. The fourth-order valence-corrected chi connectivity index (χ4v) is 1.58. The van der Waals surface area contributed by atoms with Gasteiger partial charge in [-0.2, -0.15) is 0 Å². The van der Waals surface area contributed by atoms with Gasteiger partial charge < -0.3 is 10.1 Å². The van der Waals surface area contributed by atoms with Gasteiger partial charge in [-0.3, -0.25) is 4.79 Å². The van der Waals surface area contributed by atoms with Crippen LogP contribution in [-0.4, -0.2) is 24.5 Å². The Morgan fingerprint density at radius 3 is 2.72 bits per heavy atom. The molecule has 0 aliphatic heterocycles. The summed E-state index contributed by atoms with van der Waals surface area (Å²) in [5.41, 5.74) is -0.200. The van der Waals surface area contributed by atoms with E-state index in [-0.39, 0.29) is 5.56 Å². The molecule has 6 heteroatoms. The summed E-state index contributed by atoms with van der Waals surface area (Å²) in [6.07, 6.45) is -0.958. The van der Waals surface area contributed by atoms with Crippen LogP contribution in [0.1, 0.15) is 24.2 Å². The highest BCUT2D eigenvalue weighted by Gasteiger charge is 2.20. The number of hydrogen-bond acceptors (Lipinski definition) is 3. The largest absolute Gasteiger partial charge is 0.449 e. The first kappa shape index (κ1) is 14.6. The first-order valence-electron chi connectivity index (χ1n) is 5.39. The van der Waals surface area contributed by atoms with Crippen molar-refractivity contribution in [2.45, 2.75) is 20.0 Å². The molecule has 0 unspecified atom stereocenters. The van der Waals surface area contributed by atoms with Crippen LogP contribution in [0.5, 0.6) is 0 Å². The Hall–Kier alpha value is -1.43. The van der Waals surface area contributed by atoms with E-state index in [4.69, 9.17) is 4.74 Å². The van der Waals surface area contributed by atoms with Gasteiger partial charge in [-0.05, 0) is 32.0 Å². The first-order chi connectivity index (χ1) is 8.45. The van der Waals surface area contributed by atoms with Gasteiger partial charge in [0, 0.05) is 11.0 Å². The lowest BCUT2D eigenvalue weighted by atomic mass is 10.2. The smallest absolute Gasteiger partial charge is 0.341 e. The minimum absolute atomic E-state index is 0.200. The number of esters is 1. The molecule has 0 spiro atoms. The van der Waals surface area contributed by atoms with Crippen LogP contribution in [0.2, 0.25) is 0 Å². The number of ether oxygens (including phenoxy) is 1. The van der Waals surface area contributed by atoms with Crippen LogP contribution >= 0.6 is 15.9 Å². The van der Waals surface area contributed by atoms with E-state index in [0.717, 1.165) is 6.07 Å². The predicted octanol–water partition coefficient (Wildman–Crippen LogP) is 2.27. The van der Waals surface area contributed by atoms with Crippen molar-refractivity contribution in [2.75, 3.05) is 6.54 Å². The average Bonchev–Trinajstić information content (AvgIpc) is 2.28. The molecule has 1 N–H and O–H groups in total. The standard InChI is InChI=1S/C12H13BrFNO3/c1-3-15-11(16)7(2)18-12(17)9-5-4-8(13)6-10(9)14/h4-7H,3H2,1-2H3,(H,15,16)/t7-/m0/s1. The van der Waals surface area contributed by atoms with Crippen LogP contribution in [0.4, 0.5) is 4.39 Å². The van der Waals surface area contributed by atoms with Crippen molar-refractivity contribution in [1.82, 2.24) is 5.32 Å². The second-order valence-corrected chi connectivity index (χ2v) is 4.48. The summed E-state index contributed by atoms with van der Waals surface area (Å²) < 4.78 is 18.9.